The summed E-state index contributed by atoms with van der Waals surface area (Å²) < 4.78 is 4.87. The van der Waals surface area contributed by atoms with Crippen LogP contribution < -0.4 is 0 Å². The van der Waals surface area contributed by atoms with E-state index in [4.69, 9.17) is 27.9 Å². The molecule has 4 nitrogen and oxygen atoms in total. The van der Waals surface area contributed by atoms with Crippen LogP contribution in [0.1, 0.15) is 17.4 Å². The zero-order valence-electron chi connectivity index (χ0n) is 8.38. The van der Waals surface area contributed by atoms with Crippen LogP contribution in [0.2, 0.25) is 10.0 Å². The highest BCUT2D eigenvalue weighted by Crippen LogP contribution is 2.28. The Balaban J connectivity index is 2.56. The van der Waals surface area contributed by atoms with Gasteiger partial charge in [-0.05, 0) is 19.1 Å². The smallest absolute Gasteiger partial charge is 0.359 e. The number of aromatic nitrogens is 2. The van der Waals surface area contributed by atoms with Crippen LogP contribution in [0.15, 0.2) is 12.1 Å². The van der Waals surface area contributed by atoms with Gasteiger partial charge in [-0.15, -0.1) is 0 Å². The first-order valence-electron chi connectivity index (χ1n) is 4.63. The molecule has 0 aliphatic heterocycles. The third-order valence-corrected chi connectivity index (χ3v) is 2.79. The average Bonchev–Trinajstić information content (AvgIpc) is 2.62. The van der Waals surface area contributed by atoms with Crippen LogP contribution in [0.3, 0.4) is 0 Å². The fourth-order valence-corrected chi connectivity index (χ4v) is 1.69. The summed E-state index contributed by atoms with van der Waals surface area (Å²) in [6.45, 7) is 2.03. The van der Waals surface area contributed by atoms with Crippen molar-refractivity contribution in [2.45, 2.75) is 6.92 Å². The van der Waals surface area contributed by atoms with Gasteiger partial charge in [0.2, 0.25) is 0 Å². The number of benzene rings is 1. The second-order valence-electron chi connectivity index (χ2n) is 3.10. The number of carbonyl (C=O) groups excluding carboxylic acids is 1. The number of aromatic amines is 1. The molecular formula is C10H8Cl2N2O2. The number of nitrogens with one attached hydrogen (secondary N) is 1. The summed E-state index contributed by atoms with van der Waals surface area (Å²) in [4.78, 5) is 11.5. The summed E-state index contributed by atoms with van der Waals surface area (Å²) in [5, 5.41) is 7.97. The quantitative estimate of drug-likeness (QED) is 0.843. The van der Waals surface area contributed by atoms with Crippen molar-refractivity contribution in [3.05, 3.63) is 27.9 Å². The normalized spacial score (nSPS) is 10.7. The summed E-state index contributed by atoms with van der Waals surface area (Å²) in [7, 11) is 0. The topological polar surface area (TPSA) is 55.0 Å². The number of hydrogen-bond acceptors (Lipinski definition) is 3. The van der Waals surface area contributed by atoms with E-state index < -0.39 is 5.97 Å². The van der Waals surface area contributed by atoms with E-state index in [2.05, 4.69) is 10.2 Å². The Morgan fingerprint density at radius 1 is 1.44 bits per heavy atom. The molecule has 0 spiro atoms. The predicted octanol–water partition coefficient (Wildman–Crippen LogP) is 3.05. The molecule has 0 amide bonds. The number of nitrogens with zero attached hydrogens (tertiary/aromatic N) is 1. The minimum absolute atomic E-state index is 0.218. The molecule has 0 aliphatic carbocycles. The fourth-order valence-electron chi connectivity index (χ4n) is 1.37. The van der Waals surface area contributed by atoms with E-state index in [-0.39, 0.29) is 5.69 Å². The van der Waals surface area contributed by atoms with Crippen LogP contribution in [0.25, 0.3) is 10.9 Å². The van der Waals surface area contributed by atoms with Gasteiger partial charge in [-0.25, -0.2) is 4.79 Å². The Morgan fingerprint density at radius 2 is 2.12 bits per heavy atom. The lowest BCUT2D eigenvalue weighted by molar-refractivity contribution is 0.0521. The molecule has 0 saturated heterocycles. The number of carbonyl (C=O) groups is 1. The molecule has 0 unspecified atom stereocenters. The molecular weight excluding hydrogens is 251 g/mol. The van der Waals surface area contributed by atoms with Crippen LogP contribution in [0, 0.1) is 0 Å². The zero-order chi connectivity index (χ0) is 11.7. The predicted molar refractivity (Wildman–Crippen MR) is 62.1 cm³/mol. The Hall–Kier alpha value is -1.26. The van der Waals surface area contributed by atoms with Gasteiger partial charge < -0.3 is 4.74 Å². The molecule has 0 saturated carbocycles. The van der Waals surface area contributed by atoms with Gasteiger partial charge in [0.05, 0.1) is 22.2 Å². The first kappa shape index (κ1) is 11.2. The van der Waals surface area contributed by atoms with Gasteiger partial charge >= 0.3 is 5.97 Å². The molecule has 1 N–H and O–H groups in total. The first-order valence-corrected chi connectivity index (χ1v) is 5.39. The highest BCUT2D eigenvalue weighted by atomic mass is 35.5. The number of H-pyrrole nitrogens is 1. The van der Waals surface area contributed by atoms with E-state index in [1.165, 1.54) is 0 Å². The van der Waals surface area contributed by atoms with Crippen LogP contribution in [0.5, 0.6) is 0 Å². The second-order valence-corrected chi connectivity index (χ2v) is 3.92. The SMILES string of the molecule is CCOC(=O)c1n[nH]c2cc(Cl)c(Cl)cc12. The van der Waals surface area contributed by atoms with Gasteiger partial charge in [0.25, 0.3) is 0 Å². The van der Waals surface area contributed by atoms with Crippen molar-refractivity contribution in [2.24, 2.45) is 0 Å². The Labute approximate surface area is 101 Å². The number of hydrogen-bond donors (Lipinski definition) is 1. The van der Waals surface area contributed by atoms with Crippen molar-refractivity contribution in [1.82, 2.24) is 10.2 Å². The van der Waals surface area contributed by atoms with Crippen molar-refractivity contribution < 1.29 is 9.53 Å². The van der Waals surface area contributed by atoms with Crippen LogP contribution >= 0.6 is 23.2 Å². The highest BCUT2D eigenvalue weighted by molar-refractivity contribution is 6.42. The molecule has 2 aromatic rings. The number of halogens is 2. The summed E-state index contributed by atoms with van der Waals surface area (Å²) >= 11 is 11.7. The van der Waals surface area contributed by atoms with Crippen molar-refractivity contribution in [3.8, 4) is 0 Å². The Morgan fingerprint density at radius 3 is 2.81 bits per heavy atom. The first-order chi connectivity index (χ1) is 7.63. The lowest BCUT2D eigenvalue weighted by Crippen LogP contribution is -2.05. The standard InChI is InChI=1S/C10H8Cl2N2O2/c1-2-16-10(15)9-5-3-6(11)7(12)4-8(5)13-14-9/h3-4H,2H2,1H3,(H,13,14). The molecule has 0 aliphatic rings. The maximum absolute atomic E-state index is 11.5. The third kappa shape index (κ3) is 1.86. The minimum atomic E-state index is -0.480. The number of ether oxygens (including phenoxy) is 1. The fraction of sp³-hybridized carbons (Fsp3) is 0.200. The number of rotatable bonds is 2. The highest BCUT2D eigenvalue weighted by Gasteiger charge is 2.16. The summed E-state index contributed by atoms with van der Waals surface area (Å²) in [5.74, 6) is -0.480. The maximum atomic E-state index is 11.5. The molecule has 6 heteroatoms. The lowest BCUT2D eigenvalue weighted by atomic mass is 10.2. The molecule has 1 aromatic heterocycles. The van der Waals surface area contributed by atoms with Crippen molar-refractivity contribution >= 4 is 40.1 Å². The average molecular weight is 259 g/mol. The molecule has 16 heavy (non-hydrogen) atoms. The van der Waals surface area contributed by atoms with Crippen LogP contribution in [-0.4, -0.2) is 22.8 Å². The molecule has 0 bridgehead atoms. The molecule has 0 atom stereocenters. The Kier molecular flexibility index (Phi) is 3.03. The summed E-state index contributed by atoms with van der Waals surface area (Å²) in [6.07, 6.45) is 0. The molecule has 2 rings (SSSR count). The van der Waals surface area contributed by atoms with Gasteiger partial charge in [0.15, 0.2) is 5.69 Å². The van der Waals surface area contributed by atoms with E-state index in [9.17, 15) is 4.79 Å². The van der Waals surface area contributed by atoms with E-state index in [1.54, 1.807) is 19.1 Å². The minimum Gasteiger partial charge on any atom is -0.461 e. The molecule has 84 valence electrons. The van der Waals surface area contributed by atoms with Gasteiger partial charge in [0, 0.05) is 5.39 Å². The molecule has 0 radical (unpaired) electrons. The van der Waals surface area contributed by atoms with Crippen LogP contribution in [-0.2, 0) is 4.74 Å². The van der Waals surface area contributed by atoms with E-state index >= 15 is 0 Å². The summed E-state index contributed by atoms with van der Waals surface area (Å²) in [5.41, 5.74) is 0.868. The lowest BCUT2D eigenvalue weighted by Gasteiger charge is -1.99. The Bertz CT molecular complexity index is 551. The third-order valence-electron chi connectivity index (χ3n) is 2.07. The van der Waals surface area contributed by atoms with E-state index in [0.717, 1.165) is 0 Å². The van der Waals surface area contributed by atoms with Crippen molar-refractivity contribution in [3.63, 3.8) is 0 Å². The molecule has 0 fully saturated rings. The van der Waals surface area contributed by atoms with Gasteiger partial charge in [-0.2, -0.15) is 5.10 Å². The largest absolute Gasteiger partial charge is 0.461 e. The summed E-state index contributed by atoms with van der Waals surface area (Å²) in [6, 6.07) is 3.21. The van der Waals surface area contributed by atoms with Crippen molar-refractivity contribution in [2.75, 3.05) is 6.61 Å². The molecule has 1 aromatic carbocycles. The molecule has 1 heterocycles. The van der Waals surface area contributed by atoms with Crippen molar-refractivity contribution in [1.29, 1.82) is 0 Å². The zero-order valence-corrected chi connectivity index (χ0v) is 9.89. The van der Waals surface area contributed by atoms with Crippen LogP contribution in [0.4, 0.5) is 0 Å². The van der Waals surface area contributed by atoms with E-state index in [1.807, 2.05) is 0 Å². The van der Waals surface area contributed by atoms with Gasteiger partial charge in [-0.3, -0.25) is 5.10 Å². The van der Waals surface area contributed by atoms with Gasteiger partial charge in [-0.1, -0.05) is 23.2 Å². The number of esters is 1. The second kappa shape index (κ2) is 4.31. The monoisotopic (exact) mass is 258 g/mol. The van der Waals surface area contributed by atoms with E-state index in [0.29, 0.717) is 27.6 Å². The maximum Gasteiger partial charge on any atom is 0.359 e. The van der Waals surface area contributed by atoms with Gasteiger partial charge in [0.1, 0.15) is 0 Å². The number of fused-ring (bicyclic) bond motifs is 1.